The number of aryl methyl sites for hydroxylation is 1. The van der Waals surface area contributed by atoms with Gasteiger partial charge in [-0.3, -0.25) is 0 Å². The Hall–Kier alpha value is -2.46. The number of phenols is 1. The molecule has 0 bridgehead atoms. The molecule has 3 rings (SSSR count). The topological polar surface area (TPSA) is 57.6 Å². The second kappa shape index (κ2) is 15.8. The first kappa shape index (κ1) is 34.0. The molecule has 0 spiro atoms. The van der Waals surface area contributed by atoms with Crippen molar-refractivity contribution in [3.05, 3.63) is 64.7 Å². The standard InChI is InChI=1S/C32H42F5NO3S/c1-38(19-6-7-20-42(40,41)21-9-17-32(35,36)37)18-5-3-2-4-11-28-27-16-14-26(39)22-24(27)10-8-12-29(28)30-15-13-25(33)23-31(30)34/h13-16,22-23,39H,2-12,17-21H2,1H3. The van der Waals surface area contributed by atoms with Crippen molar-refractivity contribution in [1.82, 2.24) is 4.90 Å². The minimum Gasteiger partial charge on any atom is -0.508 e. The van der Waals surface area contributed by atoms with Crippen LogP contribution in [0.1, 0.15) is 87.3 Å². The van der Waals surface area contributed by atoms with Gasteiger partial charge in [-0.25, -0.2) is 17.2 Å². The first-order valence-electron chi connectivity index (χ1n) is 14.8. The van der Waals surface area contributed by atoms with Gasteiger partial charge in [0.05, 0.1) is 11.5 Å². The summed E-state index contributed by atoms with van der Waals surface area (Å²) in [7, 11) is -1.48. The lowest BCUT2D eigenvalue weighted by Crippen LogP contribution is -2.22. The summed E-state index contributed by atoms with van der Waals surface area (Å²) in [5.74, 6) is -1.47. The maximum Gasteiger partial charge on any atom is 0.389 e. The highest BCUT2D eigenvalue weighted by atomic mass is 32.2. The summed E-state index contributed by atoms with van der Waals surface area (Å²) in [6.45, 7) is 1.58. The lowest BCUT2D eigenvalue weighted by Gasteiger charge is -2.18. The van der Waals surface area contributed by atoms with Crippen molar-refractivity contribution in [3.63, 3.8) is 0 Å². The predicted octanol–water partition coefficient (Wildman–Crippen LogP) is 8.34. The van der Waals surface area contributed by atoms with E-state index in [1.165, 1.54) is 12.1 Å². The zero-order valence-electron chi connectivity index (χ0n) is 24.3. The van der Waals surface area contributed by atoms with Crippen LogP contribution in [0.4, 0.5) is 22.0 Å². The molecule has 2 aromatic rings. The van der Waals surface area contributed by atoms with Crippen LogP contribution in [0.25, 0.3) is 11.1 Å². The fourth-order valence-corrected chi connectivity index (χ4v) is 7.05. The van der Waals surface area contributed by atoms with Crippen LogP contribution in [0.5, 0.6) is 5.75 Å². The number of hydrogen-bond donors (Lipinski definition) is 1. The van der Waals surface area contributed by atoms with Crippen molar-refractivity contribution in [2.45, 2.75) is 83.2 Å². The molecule has 1 aliphatic rings. The molecule has 0 saturated carbocycles. The van der Waals surface area contributed by atoms with Gasteiger partial charge in [-0.2, -0.15) is 13.2 Å². The number of nitrogens with zero attached hydrogens (tertiary/aromatic N) is 1. The van der Waals surface area contributed by atoms with Gasteiger partial charge in [0.2, 0.25) is 0 Å². The molecule has 4 nitrogen and oxygen atoms in total. The third kappa shape index (κ3) is 11.3. The molecule has 234 valence electrons. The number of allylic oxidation sites excluding steroid dienone is 2. The van der Waals surface area contributed by atoms with E-state index in [0.717, 1.165) is 86.4 Å². The van der Waals surface area contributed by atoms with Gasteiger partial charge in [0, 0.05) is 18.1 Å². The van der Waals surface area contributed by atoms with Gasteiger partial charge in [0.25, 0.3) is 0 Å². The van der Waals surface area contributed by atoms with Gasteiger partial charge in [-0.15, -0.1) is 0 Å². The average Bonchev–Trinajstić information content (AvgIpc) is 3.06. The number of sulfone groups is 1. The van der Waals surface area contributed by atoms with Crippen molar-refractivity contribution in [1.29, 1.82) is 0 Å². The predicted molar refractivity (Wildman–Crippen MR) is 158 cm³/mol. The molecule has 2 aromatic carbocycles. The van der Waals surface area contributed by atoms with Crippen LogP contribution in [-0.4, -0.2) is 56.2 Å². The molecule has 1 N–H and O–H groups in total. The SMILES string of the molecule is CN(CCCCCCC1=C(c2ccc(F)cc2F)CCCc2cc(O)ccc21)CCCCS(=O)(=O)CCCC(F)(F)F. The summed E-state index contributed by atoms with van der Waals surface area (Å²) in [5.41, 5.74) is 4.45. The van der Waals surface area contributed by atoms with Crippen LogP contribution in [0, 0.1) is 11.6 Å². The summed E-state index contributed by atoms with van der Waals surface area (Å²) in [4.78, 5) is 2.14. The summed E-state index contributed by atoms with van der Waals surface area (Å²) in [6, 6.07) is 9.07. The third-order valence-corrected chi connectivity index (χ3v) is 9.61. The molecular formula is C32H42F5NO3S. The van der Waals surface area contributed by atoms with Gasteiger partial charge < -0.3 is 10.0 Å². The molecular weight excluding hydrogens is 573 g/mol. The number of alkyl halides is 3. The van der Waals surface area contributed by atoms with E-state index in [1.807, 2.05) is 13.1 Å². The number of halogens is 5. The maximum atomic E-state index is 14.8. The van der Waals surface area contributed by atoms with Gasteiger partial charge in [0.15, 0.2) is 0 Å². The van der Waals surface area contributed by atoms with Gasteiger partial charge >= 0.3 is 6.18 Å². The van der Waals surface area contributed by atoms with E-state index in [2.05, 4.69) is 4.90 Å². The highest BCUT2D eigenvalue weighted by Gasteiger charge is 2.27. The van der Waals surface area contributed by atoms with E-state index in [9.17, 15) is 35.5 Å². The van der Waals surface area contributed by atoms with Gasteiger partial charge in [-0.1, -0.05) is 18.9 Å². The van der Waals surface area contributed by atoms with E-state index in [0.29, 0.717) is 24.8 Å². The number of hydrogen-bond acceptors (Lipinski definition) is 4. The number of unbranched alkanes of at least 4 members (excludes halogenated alkanes) is 4. The van der Waals surface area contributed by atoms with E-state index in [1.54, 1.807) is 12.1 Å². The lowest BCUT2D eigenvalue weighted by molar-refractivity contribution is -0.134. The molecule has 0 atom stereocenters. The first-order chi connectivity index (χ1) is 19.8. The maximum absolute atomic E-state index is 14.8. The van der Waals surface area contributed by atoms with Crippen molar-refractivity contribution in [2.75, 3.05) is 31.6 Å². The molecule has 10 heteroatoms. The van der Waals surface area contributed by atoms with E-state index >= 15 is 0 Å². The zero-order chi connectivity index (χ0) is 30.8. The van der Waals surface area contributed by atoms with Crippen LogP contribution < -0.4 is 0 Å². The monoisotopic (exact) mass is 615 g/mol. The average molecular weight is 616 g/mol. The lowest BCUT2D eigenvalue weighted by atomic mass is 9.88. The number of benzene rings is 2. The van der Waals surface area contributed by atoms with Crippen molar-refractivity contribution in [2.24, 2.45) is 0 Å². The number of aromatic hydroxyl groups is 1. The Morgan fingerprint density at radius 3 is 2.21 bits per heavy atom. The number of rotatable bonds is 16. The molecule has 0 radical (unpaired) electrons. The zero-order valence-corrected chi connectivity index (χ0v) is 25.1. The van der Waals surface area contributed by atoms with Crippen molar-refractivity contribution >= 4 is 21.0 Å². The molecule has 0 amide bonds. The van der Waals surface area contributed by atoms with Gasteiger partial charge in [0.1, 0.15) is 27.2 Å². The Morgan fingerprint density at radius 2 is 1.50 bits per heavy atom. The fourth-order valence-electron chi connectivity index (χ4n) is 5.61. The smallest absolute Gasteiger partial charge is 0.389 e. The highest BCUT2D eigenvalue weighted by Crippen LogP contribution is 2.40. The molecule has 0 saturated heterocycles. The summed E-state index contributed by atoms with van der Waals surface area (Å²) in [6.07, 6.45) is 2.16. The Bertz CT molecular complexity index is 1310. The molecule has 0 unspecified atom stereocenters. The van der Waals surface area contributed by atoms with Crippen LogP contribution in [0.15, 0.2) is 36.4 Å². The van der Waals surface area contributed by atoms with E-state index in [4.69, 9.17) is 0 Å². The molecule has 0 aromatic heterocycles. The minimum atomic E-state index is -4.33. The largest absolute Gasteiger partial charge is 0.508 e. The molecule has 42 heavy (non-hydrogen) atoms. The van der Waals surface area contributed by atoms with Crippen molar-refractivity contribution < 1.29 is 35.5 Å². The summed E-state index contributed by atoms with van der Waals surface area (Å²) < 4.78 is 89.0. The van der Waals surface area contributed by atoms with Crippen LogP contribution in [0.3, 0.4) is 0 Å². The number of phenolic OH excluding ortho intramolecular Hbond substituents is 1. The van der Waals surface area contributed by atoms with Crippen LogP contribution >= 0.6 is 0 Å². The third-order valence-electron chi connectivity index (χ3n) is 7.78. The second-order valence-corrected chi connectivity index (χ2v) is 13.6. The molecule has 0 aliphatic heterocycles. The highest BCUT2D eigenvalue weighted by molar-refractivity contribution is 7.91. The minimum absolute atomic E-state index is 0.0822. The number of fused-ring (bicyclic) bond motifs is 1. The quantitative estimate of drug-likeness (QED) is 0.152. The van der Waals surface area contributed by atoms with Gasteiger partial charge in [-0.05, 0) is 124 Å². The summed E-state index contributed by atoms with van der Waals surface area (Å²) in [5, 5.41) is 10.0. The Balaban J connectivity index is 1.45. The molecule has 0 heterocycles. The Kier molecular flexibility index (Phi) is 12.8. The fraction of sp³-hybridized carbons (Fsp3) is 0.562. The van der Waals surface area contributed by atoms with E-state index in [-0.39, 0.29) is 17.9 Å². The Morgan fingerprint density at radius 1 is 0.833 bits per heavy atom. The van der Waals surface area contributed by atoms with Crippen LogP contribution in [0.2, 0.25) is 0 Å². The second-order valence-electron chi connectivity index (χ2n) is 11.3. The Labute approximate surface area is 246 Å². The van der Waals surface area contributed by atoms with Crippen LogP contribution in [-0.2, 0) is 16.3 Å². The summed E-state index contributed by atoms with van der Waals surface area (Å²) >= 11 is 0. The van der Waals surface area contributed by atoms with E-state index < -0.39 is 39.8 Å². The van der Waals surface area contributed by atoms with Crippen molar-refractivity contribution in [3.8, 4) is 5.75 Å². The normalized spacial score (nSPS) is 14.4. The molecule has 0 fully saturated rings. The molecule has 1 aliphatic carbocycles. The first-order valence-corrected chi connectivity index (χ1v) is 16.6.